The molecule has 0 fully saturated rings. The summed E-state index contributed by atoms with van der Waals surface area (Å²) in [5.41, 5.74) is 1.05. The van der Waals surface area contributed by atoms with E-state index in [4.69, 9.17) is 9.84 Å². The lowest BCUT2D eigenvalue weighted by atomic mass is 10.2. The zero-order chi connectivity index (χ0) is 14.8. The van der Waals surface area contributed by atoms with Crippen LogP contribution >= 0.6 is 0 Å². The highest BCUT2D eigenvalue weighted by Crippen LogP contribution is 2.26. The number of carboxylic acids is 1. The summed E-state index contributed by atoms with van der Waals surface area (Å²) < 4.78 is 5.33. The maximum absolute atomic E-state index is 10.3. The van der Waals surface area contributed by atoms with Gasteiger partial charge in [0, 0.05) is 13.0 Å². The number of aliphatic carboxylic acids is 1. The van der Waals surface area contributed by atoms with Gasteiger partial charge in [-0.25, -0.2) is 0 Å². The Bertz CT molecular complexity index is 420. The van der Waals surface area contributed by atoms with Crippen LogP contribution in [0.2, 0.25) is 0 Å². The van der Waals surface area contributed by atoms with Crippen LogP contribution in [0, 0.1) is 0 Å². The van der Waals surface area contributed by atoms with Gasteiger partial charge in [0.15, 0.2) is 11.5 Å². The van der Waals surface area contributed by atoms with Crippen molar-refractivity contribution in [2.75, 3.05) is 13.2 Å². The summed E-state index contributed by atoms with van der Waals surface area (Å²) in [5, 5.41) is 21.4. The van der Waals surface area contributed by atoms with Gasteiger partial charge in [-0.15, -0.1) is 0 Å². The number of carbonyl (C=O) groups is 1. The van der Waals surface area contributed by atoms with Crippen LogP contribution in [0.1, 0.15) is 38.2 Å². The summed E-state index contributed by atoms with van der Waals surface area (Å²) in [6, 6.07) is 5.32. The van der Waals surface area contributed by atoms with Crippen molar-refractivity contribution in [1.82, 2.24) is 5.32 Å². The molecule has 0 aliphatic heterocycles. The van der Waals surface area contributed by atoms with E-state index in [1.165, 1.54) is 0 Å². The topological polar surface area (TPSA) is 78.8 Å². The highest BCUT2D eigenvalue weighted by Gasteiger charge is 2.03. The largest absolute Gasteiger partial charge is 0.504 e. The van der Waals surface area contributed by atoms with Gasteiger partial charge in [-0.05, 0) is 44.0 Å². The van der Waals surface area contributed by atoms with Gasteiger partial charge in [-0.1, -0.05) is 12.5 Å². The molecule has 0 atom stereocenters. The van der Waals surface area contributed by atoms with Gasteiger partial charge in [0.25, 0.3) is 0 Å². The number of benzene rings is 1. The second-order valence-electron chi connectivity index (χ2n) is 4.62. The molecule has 0 unspecified atom stereocenters. The van der Waals surface area contributed by atoms with Crippen molar-refractivity contribution in [2.45, 2.75) is 39.2 Å². The van der Waals surface area contributed by atoms with E-state index in [2.05, 4.69) is 5.32 Å². The minimum atomic E-state index is -0.731. The first-order valence-electron chi connectivity index (χ1n) is 7.00. The molecular formula is C15H23NO4. The number of nitrogens with one attached hydrogen (secondary N) is 1. The molecular weight excluding hydrogens is 258 g/mol. The Hall–Kier alpha value is -1.75. The van der Waals surface area contributed by atoms with Gasteiger partial charge in [0.1, 0.15) is 0 Å². The highest BCUT2D eigenvalue weighted by molar-refractivity contribution is 5.66. The van der Waals surface area contributed by atoms with Crippen LogP contribution in [-0.2, 0) is 11.3 Å². The summed E-state index contributed by atoms with van der Waals surface area (Å²) in [5.74, 6) is -0.0666. The summed E-state index contributed by atoms with van der Waals surface area (Å²) in [6.45, 7) is 3.96. The first-order chi connectivity index (χ1) is 9.63. The molecule has 0 aliphatic carbocycles. The number of rotatable bonds is 10. The van der Waals surface area contributed by atoms with Crippen LogP contribution in [0.5, 0.6) is 11.5 Å². The summed E-state index contributed by atoms with van der Waals surface area (Å²) in [6.07, 6.45) is 2.85. The zero-order valence-corrected chi connectivity index (χ0v) is 11.9. The van der Waals surface area contributed by atoms with Crippen molar-refractivity contribution in [1.29, 1.82) is 0 Å². The van der Waals surface area contributed by atoms with Crippen molar-refractivity contribution >= 4 is 5.97 Å². The third-order valence-electron chi connectivity index (χ3n) is 2.90. The normalized spacial score (nSPS) is 10.4. The Labute approximate surface area is 119 Å². The first-order valence-corrected chi connectivity index (χ1v) is 7.00. The molecule has 112 valence electrons. The Kier molecular flexibility index (Phi) is 7.50. The SMILES string of the molecule is CCOc1cc(CNCCCCCC(=O)O)ccc1O. The smallest absolute Gasteiger partial charge is 0.303 e. The summed E-state index contributed by atoms with van der Waals surface area (Å²) >= 11 is 0. The molecule has 1 aromatic rings. The van der Waals surface area contributed by atoms with Gasteiger partial charge in [0.05, 0.1) is 6.61 Å². The maximum Gasteiger partial charge on any atom is 0.303 e. The predicted octanol–water partition coefficient (Wildman–Crippen LogP) is 2.53. The Balaban J connectivity index is 2.21. The van der Waals surface area contributed by atoms with Gasteiger partial charge in [-0.3, -0.25) is 4.79 Å². The van der Waals surface area contributed by atoms with E-state index < -0.39 is 5.97 Å². The molecule has 20 heavy (non-hydrogen) atoms. The lowest BCUT2D eigenvalue weighted by molar-refractivity contribution is -0.137. The summed E-state index contributed by atoms with van der Waals surface area (Å²) in [4.78, 5) is 10.3. The molecule has 0 saturated carbocycles. The van der Waals surface area contributed by atoms with Crippen LogP contribution in [0.3, 0.4) is 0 Å². The Morgan fingerprint density at radius 3 is 2.80 bits per heavy atom. The third-order valence-corrected chi connectivity index (χ3v) is 2.90. The molecule has 0 bridgehead atoms. The molecule has 0 heterocycles. The van der Waals surface area contributed by atoms with E-state index in [0.29, 0.717) is 18.9 Å². The van der Waals surface area contributed by atoms with Crippen molar-refractivity contribution in [3.63, 3.8) is 0 Å². The average Bonchev–Trinajstić information content (AvgIpc) is 2.41. The highest BCUT2D eigenvalue weighted by atomic mass is 16.5. The number of ether oxygens (including phenoxy) is 1. The minimum Gasteiger partial charge on any atom is -0.504 e. The lowest BCUT2D eigenvalue weighted by Crippen LogP contribution is -2.14. The molecule has 1 aromatic carbocycles. The van der Waals surface area contributed by atoms with E-state index in [9.17, 15) is 9.90 Å². The number of hydrogen-bond acceptors (Lipinski definition) is 4. The lowest BCUT2D eigenvalue weighted by Gasteiger charge is -2.09. The van der Waals surface area contributed by atoms with E-state index >= 15 is 0 Å². The number of hydrogen-bond donors (Lipinski definition) is 3. The third kappa shape index (κ3) is 6.43. The number of carboxylic acid groups (broad SMARTS) is 1. The molecule has 5 heteroatoms. The Morgan fingerprint density at radius 2 is 2.10 bits per heavy atom. The molecule has 1 rings (SSSR count). The molecule has 0 amide bonds. The van der Waals surface area contributed by atoms with Gasteiger partial charge < -0.3 is 20.3 Å². The van der Waals surface area contributed by atoms with Crippen LogP contribution in [0.25, 0.3) is 0 Å². The Morgan fingerprint density at radius 1 is 1.30 bits per heavy atom. The molecule has 0 aliphatic rings. The minimum absolute atomic E-state index is 0.157. The van der Waals surface area contributed by atoms with Crippen LogP contribution in [0.15, 0.2) is 18.2 Å². The van der Waals surface area contributed by atoms with E-state index in [0.717, 1.165) is 31.4 Å². The van der Waals surface area contributed by atoms with E-state index in [-0.39, 0.29) is 12.2 Å². The fourth-order valence-corrected chi connectivity index (χ4v) is 1.88. The van der Waals surface area contributed by atoms with E-state index in [1.54, 1.807) is 6.07 Å². The van der Waals surface area contributed by atoms with Crippen LogP contribution < -0.4 is 10.1 Å². The van der Waals surface area contributed by atoms with Crippen molar-refractivity contribution in [3.8, 4) is 11.5 Å². The molecule has 0 aromatic heterocycles. The molecule has 3 N–H and O–H groups in total. The zero-order valence-electron chi connectivity index (χ0n) is 11.9. The molecule has 0 saturated heterocycles. The fourth-order valence-electron chi connectivity index (χ4n) is 1.88. The van der Waals surface area contributed by atoms with Crippen molar-refractivity contribution in [2.24, 2.45) is 0 Å². The van der Waals surface area contributed by atoms with Crippen LogP contribution in [-0.4, -0.2) is 29.3 Å². The second kappa shape index (κ2) is 9.20. The molecule has 0 spiro atoms. The van der Waals surface area contributed by atoms with Gasteiger partial charge in [0.2, 0.25) is 0 Å². The van der Waals surface area contributed by atoms with Gasteiger partial charge in [-0.2, -0.15) is 0 Å². The molecule has 0 radical (unpaired) electrons. The van der Waals surface area contributed by atoms with Gasteiger partial charge >= 0.3 is 5.97 Å². The number of phenols is 1. The fraction of sp³-hybridized carbons (Fsp3) is 0.533. The van der Waals surface area contributed by atoms with Crippen LogP contribution in [0.4, 0.5) is 0 Å². The monoisotopic (exact) mass is 281 g/mol. The maximum atomic E-state index is 10.3. The second-order valence-corrected chi connectivity index (χ2v) is 4.62. The quantitative estimate of drug-likeness (QED) is 0.574. The van der Waals surface area contributed by atoms with Crippen molar-refractivity contribution in [3.05, 3.63) is 23.8 Å². The predicted molar refractivity (Wildman–Crippen MR) is 77.1 cm³/mol. The van der Waals surface area contributed by atoms with E-state index in [1.807, 2.05) is 19.1 Å². The number of aromatic hydroxyl groups is 1. The first kappa shape index (κ1) is 16.3. The number of unbranched alkanes of at least 4 members (excludes halogenated alkanes) is 2. The number of phenolic OH excluding ortho intramolecular Hbond substituents is 1. The standard InChI is InChI=1S/C15H23NO4/c1-2-20-14-10-12(7-8-13(14)17)11-16-9-5-3-4-6-15(18)19/h7-8,10,16-17H,2-6,9,11H2,1H3,(H,18,19). The molecule has 5 nitrogen and oxygen atoms in total. The van der Waals surface area contributed by atoms with Crippen molar-refractivity contribution < 1.29 is 19.7 Å². The summed E-state index contributed by atoms with van der Waals surface area (Å²) in [7, 11) is 0. The average molecular weight is 281 g/mol.